The Morgan fingerprint density at radius 3 is 2.57 bits per heavy atom. The first-order valence-electron chi connectivity index (χ1n) is 10.9. The number of aromatic nitrogens is 1. The zero-order valence-electron chi connectivity index (χ0n) is 20.7. The van der Waals surface area contributed by atoms with Crippen LogP contribution in [0.4, 0.5) is 9.93 Å². The van der Waals surface area contributed by atoms with Crippen molar-refractivity contribution < 1.29 is 43.0 Å². The summed E-state index contributed by atoms with van der Waals surface area (Å²) in [4.78, 5) is 60.8. The molecule has 1 aromatic heterocycles. The van der Waals surface area contributed by atoms with E-state index in [0.29, 0.717) is 11.3 Å². The van der Waals surface area contributed by atoms with E-state index < -0.39 is 47.7 Å². The van der Waals surface area contributed by atoms with Gasteiger partial charge < -0.3 is 34.8 Å². The number of amides is 2. The van der Waals surface area contributed by atoms with E-state index in [2.05, 4.69) is 15.5 Å². The highest BCUT2D eigenvalue weighted by molar-refractivity contribution is 8.00. The van der Waals surface area contributed by atoms with Crippen LogP contribution in [0.3, 0.4) is 0 Å². The predicted octanol–water partition coefficient (Wildman–Crippen LogP) is 0.827. The Morgan fingerprint density at radius 2 is 1.97 bits per heavy atom. The molecule has 202 valence electrons. The molecule has 0 aromatic carbocycles. The second-order valence-corrected chi connectivity index (χ2v) is 9.94. The number of nitrogens with zero attached hydrogens (tertiary/aromatic N) is 3. The number of β-lactam (4-membered cyclic amide) rings is 1. The smallest absolute Gasteiger partial charge is 0.431 e. The van der Waals surface area contributed by atoms with Crippen LogP contribution in [0.1, 0.15) is 26.5 Å². The fraction of sp³-hybridized carbons (Fsp3) is 0.524. The highest BCUT2D eigenvalue weighted by Crippen LogP contribution is 2.41. The molecule has 3 heterocycles. The number of nitrogens with two attached hydrogens (primary N) is 1. The van der Waals surface area contributed by atoms with Crippen LogP contribution in [-0.4, -0.2) is 89.9 Å². The standard InChI is InChI=1S/C21H27N5O9S2/c1-9(2)33-21(30)35-10(3)34-19(29)15-11(6-31-4)7-36-18-14(17(28)26(15)18)24-16(27)13(25-32-5)12-8-37-20(22)23-12/h8-10,14,18H,6-7H2,1-5H3,(H2,22,23)(H,24,27)/t10?,14?,18-/m1/s1. The van der Waals surface area contributed by atoms with Gasteiger partial charge in [0.25, 0.3) is 11.8 Å². The molecule has 2 unspecified atom stereocenters. The lowest BCUT2D eigenvalue weighted by Crippen LogP contribution is -2.71. The molecule has 0 bridgehead atoms. The summed E-state index contributed by atoms with van der Waals surface area (Å²) < 4.78 is 20.2. The number of hydrogen-bond donors (Lipinski definition) is 2. The van der Waals surface area contributed by atoms with Crippen LogP contribution in [0.25, 0.3) is 0 Å². The van der Waals surface area contributed by atoms with Crippen molar-refractivity contribution in [2.45, 2.75) is 44.6 Å². The van der Waals surface area contributed by atoms with Gasteiger partial charge in [-0.05, 0) is 19.4 Å². The highest BCUT2D eigenvalue weighted by Gasteiger charge is 2.55. The molecule has 3 N–H and O–H groups in total. The number of thiazole rings is 1. The predicted molar refractivity (Wildman–Crippen MR) is 132 cm³/mol. The lowest BCUT2D eigenvalue weighted by molar-refractivity contribution is -0.169. The molecule has 1 saturated heterocycles. The van der Waals surface area contributed by atoms with Crippen molar-refractivity contribution in [2.75, 3.05) is 32.3 Å². The Balaban J connectivity index is 1.74. The fourth-order valence-electron chi connectivity index (χ4n) is 3.45. The largest absolute Gasteiger partial charge is 0.511 e. The quantitative estimate of drug-likeness (QED) is 0.136. The topological polar surface area (TPSA) is 181 Å². The van der Waals surface area contributed by atoms with Crippen molar-refractivity contribution in [1.29, 1.82) is 0 Å². The first-order chi connectivity index (χ1) is 17.6. The maximum atomic E-state index is 13.1. The molecule has 3 rings (SSSR count). The van der Waals surface area contributed by atoms with Gasteiger partial charge in [-0.1, -0.05) is 5.16 Å². The first kappa shape index (κ1) is 28.2. The van der Waals surface area contributed by atoms with Gasteiger partial charge in [0.1, 0.15) is 29.9 Å². The number of carbonyl (C=O) groups is 4. The summed E-state index contributed by atoms with van der Waals surface area (Å²) in [6, 6.07) is -0.961. The van der Waals surface area contributed by atoms with Gasteiger partial charge in [0.2, 0.25) is 6.29 Å². The van der Waals surface area contributed by atoms with Gasteiger partial charge in [0, 0.05) is 25.2 Å². The Morgan fingerprint density at radius 1 is 1.24 bits per heavy atom. The molecule has 1 aromatic rings. The van der Waals surface area contributed by atoms with Crippen LogP contribution in [0.2, 0.25) is 0 Å². The number of nitrogens with one attached hydrogen (secondary N) is 1. The van der Waals surface area contributed by atoms with Gasteiger partial charge >= 0.3 is 12.1 Å². The minimum Gasteiger partial charge on any atom is -0.431 e. The minimum absolute atomic E-state index is 0.0353. The number of esters is 1. The monoisotopic (exact) mass is 557 g/mol. The number of ether oxygens (including phenoxy) is 4. The van der Waals surface area contributed by atoms with Crippen LogP contribution in [0.15, 0.2) is 21.8 Å². The Hall–Kier alpha value is -3.37. The van der Waals surface area contributed by atoms with Crippen molar-refractivity contribution >= 4 is 57.9 Å². The Kier molecular flexibility index (Phi) is 9.34. The molecular weight excluding hydrogens is 530 g/mol. The second-order valence-electron chi connectivity index (χ2n) is 7.95. The van der Waals surface area contributed by atoms with Crippen molar-refractivity contribution in [2.24, 2.45) is 5.16 Å². The molecule has 2 aliphatic rings. The molecule has 0 spiro atoms. The van der Waals surface area contributed by atoms with Gasteiger partial charge in [-0.3, -0.25) is 14.5 Å². The van der Waals surface area contributed by atoms with E-state index in [0.717, 1.165) is 11.3 Å². The average molecular weight is 558 g/mol. The van der Waals surface area contributed by atoms with Crippen molar-refractivity contribution in [1.82, 2.24) is 15.2 Å². The number of fused-ring (bicyclic) bond motifs is 1. The summed E-state index contributed by atoms with van der Waals surface area (Å²) in [5.74, 6) is -1.81. The summed E-state index contributed by atoms with van der Waals surface area (Å²) in [7, 11) is 2.71. The van der Waals surface area contributed by atoms with Crippen LogP contribution >= 0.6 is 23.1 Å². The average Bonchev–Trinajstić information content (AvgIpc) is 3.25. The second kappa shape index (κ2) is 12.2. The summed E-state index contributed by atoms with van der Waals surface area (Å²) in [5.41, 5.74) is 6.15. The summed E-state index contributed by atoms with van der Waals surface area (Å²) in [6.45, 7) is 4.68. The maximum Gasteiger partial charge on any atom is 0.511 e. The zero-order chi connectivity index (χ0) is 27.3. The van der Waals surface area contributed by atoms with E-state index in [1.54, 1.807) is 13.8 Å². The van der Waals surface area contributed by atoms with Crippen LogP contribution in [-0.2, 0) is 38.2 Å². The number of oxime groups is 1. The first-order valence-corrected chi connectivity index (χ1v) is 12.9. The van der Waals surface area contributed by atoms with E-state index in [1.807, 2.05) is 0 Å². The van der Waals surface area contributed by atoms with E-state index in [1.165, 1.54) is 43.2 Å². The van der Waals surface area contributed by atoms with Crippen molar-refractivity contribution in [3.05, 3.63) is 22.3 Å². The van der Waals surface area contributed by atoms with E-state index in [4.69, 9.17) is 29.5 Å². The molecule has 3 atom stereocenters. The number of rotatable bonds is 10. The molecule has 2 aliphatic heterocycles. The number of methoxy groups -OCH3 is 1. The summed E-state index contributed by atoms with van der Waals surface area (Å²) in [6.07, 6.45) is -2.71. The van der Waals surface area contributed by atoms with Gasteiger partial charge in [0.15, 0.2) is 10.8 Å². The molecule has 14 nitrogen and oxygen atoms in total. The Bertz CT molecular complexity index is 1120. The van der Waals surface area contributed by atoms with Crippen molar-refractivity contribution in [3.63, 3.8) is 0 Å². The van der Waals surface area contributed by atoms with Crippen LogP contribution in [0, 0.1) is 0 Å². The van der Waals surface area contributed by atoms with E-state index >= 15 is 0 Å². The third-order valence-electron chi connectivity index (χ3n) is 4.88. The third kappa shape index (κ3) is 6.50. The minimum atomic E-state index is -1.28. The molecular formula is C21H27N5O9S2. The van der Waals surface area contributed by atoms with Crippen LogP contribution < -0.4 is 11.1 Å². The number of anilines is 1. The SMILES string of the molecule is COCC1=C(C(=O)OC(C)OC(=O)OC(C)C)N2C(=O)C(NC(=O)C(=NOC)c3csc(N)n3)[C@H]2SC1. The molecule has 16 heteroatoms. The number of nitrogen functional groups attached to an aromatic ring is 1. The van der Waals surface area contributed by atoms with Gasteiger partial charge in [-0.15, -0.1) is 23.1 Å². The van der Waals surface area contributed by atoms with Gasteiger partial charge in [0.05, 0.1) is 12.7 Å². The fourth-order valence-corrected chi connectivity index (χ4v) is 5.32. The normalized spacial score (nSPS) is 20.1. The molecule has 37 heavy (non-hydrogen) atoms. The van der Waals surface area contributed by atoms with Crippen molar-refractivity contribution in [3.8, 4) is 0 Å². The number of thioether (sulfide) groups is 1. The van der Waals surface area contributed by atoms with E-state index in [-0.39, 0.29) is 28.8 Å². The number of hydrogen-bond acceptors (Lipinski definition) is 14. The molecule has 2 amide bonds. The lowest BCUT2D eigenvalue weighted by atomic mass is 10.0. The van der Waals surface area contributed by atoms with E-state index in [9.17, 15) is 19.2 Å². The molecule has 0 aliphatic carbocycles. The number of carbonyl (C=O) groups excluding carboxylic acids is 4. The lowest BCUT2D eigenvalue weighted by Gasteiger charge is -2.49. The third-order valence-corrected chi connectivity index (χ3v) is 6.89. The maximum absolute atomic E-state index is 13.1. The van der Waals surface area contributed by atoms with Gasteiger partial charge in [-0.2, -0.15) is 0 Å². The van der Waals surface area contributed by atoms with Gasteiger partial charge in [-0.25, -0.2) is 14.6 Å². The zero-order valence-corrected chi connectivity index (χ0v) is 22.3. The molecule has 0 saturated carbocycles. The molecule has 0 radical (unpaired) electrons. The summed E-state index contributed by atoms with van der Waals surface area (Å²) in [5, 5.41) is 7.49. The molecule has 1 fully saturated rings. The Labute approximate surface area is 220 Å². The van der Waals surface area contributed by atoms with Crippen LogP contribution in [0.5, 0.6) is 0 Å². The summed E-state index contributed by atoms with van der Waals surface area (Å²) >= 11 is 2.45. The highest BCUT2D eigenvalue weighted by atomic mass is 32.2.